The van der Waals surface area contributed by atoms with Crippen LogP contribution in [0.15, 0.2) is 41.3 Å². The lowest BCUT2D eigenvalue weighted by atomic mass is 10.2. The quantitative estimate of drug-likeness (QED) is 0.848. The highest BCUT2D eigenvalue weighted by molar-refractivity contribution is 5.51. The zero-order valence-electron chi connectivity index (χ0n) is 10.9. The van der Waals surface area contributed by atoms with Crippen LogP contribution < -0.4 is 10.2 Å². The largest absolute Gasteiger partial charge is 0.467 e. The molecule has 0 atom stereocenters. The van der Waals surface area contributed by atoms with Crippen molar-refractivity contribution in [3.05, 3.63) is 48.2 Å². The Labute approximate surface area is 108 Å². The van der Waals surface area contributed by atoms with Gasteiger partial charge in [0, 0.05) is 37.2 Å². The van der Waals surface area contributed by atoms with Crippen molar-refractivity contribution in [1.29, 1.82) is 0 Å². The standard InChI is InChI=1S/C14H19N3O/c1-3-15-9-12-10-16-7-6-14(12)17(2)11-13-5-4-8-18-13/h4-8,10,15H,3,9,11H2,1-2H3. The molecule has 0 amide bonds. The van der Waals surface area contributed by atoms with Crippen LogP contribution in [0, 0.1) is 0 Å². The van der Waals surface area contributed by atoms with Gasteiger partial charge in [0.1, 0.15) is 5.76 Å². The summed E-state index contributed by atoms with van der Waals surface area (Å²) >= 11 is 0. The van der Waals surface area contributed by atoms with Crippen LogP contribution in [-0.4, -0.2) is 18.6 Å². The Morgan fingerprint density at radius 3 is 3.00 bits per heavy atom. The molecule has 0 aliphatic rings. The molecule has 4 heteroatoms. The minimum atomic E-state index is 0.760. The molecule has 0 aromatic carbocycles. The van der Waals surface area contributed by atoms with E-state index >= 15 is 0 Å². The summed E-state index contributed by atoms with van der Waals surface area (Å²) in [6, 6.07) is 5.94. The second-order valence-electron chi connectivity index (χ2n) is 4.22. The van der Waals surface area contributed by atoms with Gasteiger partial charge in [-0.3, -0.25) is 4.98 Å². The molecule has 2 rings (SSSR count). The van der Waals surface area contributed by atoms with E-state index in [-0.39, 0.29) is 0 Å². The molecule has 2 aromatic heterocycles. The van der Waals surface area contributed by atoms with Gasteiger partial charge < -0.3 is 14.6 Å². The average Bonchev–Trinajstić information content (AvgIpc) is 2.89. The first-order valence-corrected chi connectivity index (χ1v) is 6.18. The molecule has 0 unspecified atom stereocenters. The summed E-state index contributed by atoms with van der Waals surface area (Å²) in [5, 5.41) is 3.33. The van der Waals surface area contributed by atoms with Crippen molar-refractivity contribution in [1.82, 2.24) is 10.3 Å². The number of furan rings is 1. The third-order valence-corrected chi connectivity index (χ3v) is 2.83. The normalized spacial score (nSPS) is 10.6. The Bertz CT molecular complexity index is 468. The van der Waals surface area contributed by atoms with E-state index in [4.69, 9.17) is 4.42 Å². The molecule has 0 saturated heterocycles. The number of nitrogens with one attached hydrogen (secondary N) is 1. The number of anilines is 1. The van der Waals surface area contributed by atoms with Gasteiger partial charge in [-0.2, -0.15) is 0 Å². The summed E-state index contributed by atoms with van der Waals surface area (Å²) in [5.41, 5.74) is 2.38. The van der Waals surface area contributed by atoms with E-state index in [0.29, 0.717) is 0 Å². The van der Waals surface area contributed by atoms with E-state index in [0.717, 1.165) is 25.4 Å². The summed E-state index contributed by atoms with van der Waals surface area (Å²) in [7, 11) is 2.06. The molecule has 1 N–H and O–H groups in total. The molecule has 0 aliphatic carbocycles. The van der Waals surface area contributed by atoms with E-state index in [1.807, 2.05) is 30.6 Å². The maximum Gasteiger partial charge on any atom is 0.123 e. The zero-order chi connectivity index (χ0) is 12.8. The number of nitrogens with zero attached hydrogens (tertiary/aromatic N) is 2. The first-order chi connectivity index (χ1) is 8.81. The first-order valence-electron chi connectivity index (χ1n) is 6.18. The second kappa shape index (κ2) is 6.21. The van der Waals surface area contributed by atoms with E-state index in [9.17, 15) is 0 Å². The summed E-state index contributed by atoms with van der Waals surface area (Å²) < 4.78 is 5.37. The number of hydrogen-bond acceptors (Lipinski definition) is 4. The van der Waals surface area contributed by atoms with Gasteiger partial charge in [-0.15, -0.1) is 0 Å². The van der Waals surface area contributed by atoms with Gasteiger partial charge in [-0.1, -0.05) is 6.92 Å². The second-order valence-corrected chi connectivity index (χ2v) is 4.22. The molecule has 96 valence electrons. The molecule has 4 nitrogen and oxygen atoms in total. The van der Waals surface area contributed by atoms with Crippen molar-refractivity contribution in [2.24, 2.45) is 0 Å². The van der Waals surface area contributed by atoms with Crippen LogP contribution in [0.1, 0.15) is 18.2 Å². The van der Waals surface area contributed by atoms with E-state index < -0.39 is 0 Å². The minimum Gasteiger partial charge on any atom is -0.467 e. The summed E-state index contributed by atoms with van der Waals surface area (Å²) in [4.78, 5) is 6.36. The van der Waals surface area contributed by atoms with Gasteiger partial charge in [0.25, 0.3) is 0 Å². The Morgan fingerprint density at radius 2 is 2.28 bits per heavy atom. The number of rotatable bonds is 6. The molecule has 0 spiro atoms. The summed E-state index contributed by atoms with van der Waals surface area (Å²) in [6.45, 7) is 4.65. The van der Waals surface area contributed by atoms with Crippen molar-refractivity contribution in [3.63, 3.8) is 0 Å². The highest BCUT2D eigenvalue weighted by Gasteiger charge is 2.08. The maximum absolute atomic E-state index is 5.37. The molecule has 0 bridgehead atoms. The lowest BCUT2D eigenvalue weighted by Gasteiger charge is -2.21. The maximum atomic E-state index is 5.37. The highest BCUT2D eigenvalue weighted by atomic mass is 16.3. The highest BCUT2D eigenvalue weighted by Crippen LogP contribution is 2.20. The number of aromatic nitrogens is 1. The van der Waals surface area contributed by atoms with Gasteiger partial charge in [0.15, 0.2) is 0 Å². The van der Waals surface area contributed by atoms with Crippen molar-refractivity contribution in [2.45, 2.75) is 20.0 Å². The lowest BCUT2D eigenvalue weighted by molar-refractivity contribution is 0.507. The Hall–Kier alpha value is -1.81. The van der Waals surface area contributed by atoms with Gasteiger partial charge >= 0.3 is 0 Å². The van der Waals surface area contributed by atoms with E-state index in [1.165, 1.54) is 11.3 Å². The van der Waals surface area contributed by atoms with Gasteiger partial charge in [0.05, 0.1) is 12.8 Å². The predicted molar refractivity (Wildman–Crippen MR) is 72.4 cm³/mol. The fourth-order valence-corrected chi connectivity index (χ4v) is 1.91. The smallest absolute Gasteiger partial charge is 0.123 e. The molecule has 18 heavy (non-hydrogen) atoms. The zero-order valence-corrected chi connectivity index (χ0v) is 10.9. The van der Waals surface area contributed by atoms with E-state index in [2.05, 4.69) is 29.2 Å². The average molecular weight is 245 g/mol. The van der Waals surface area contributed by atoms with E-state index in [1.54, 1.807) is 6.26 Å². The van der Waals surface area contributed by atoms with Crippen LogP contribution in [0.4, 0.5) is 5.69 Å². The molecule has 2 heterocycles. The fourth-order valence-electron chi connectivity index (χ4n) is 1.91. The Morgan fingerprint density at radius 1 is 1.39 bits per heavy atom. The Balaban J connectivity index is 2.11. The molecular formula is C14H19N3O. The van der Waals surface area contributed by atoms with Crippen LogP contribution in [-0.2, 0) is 13.1 Å². The third kappa shape index (κ3) is 3.11. The van der Waals surface area contributed by atoms with Crippen LogP contribution in [0.25, 0.3) is 0 Å². The van der Waals surface area contributed by atoms with Crippen molar-refractivity contribution >= 4 is 5.69 Å². The van der Waals surface area contributed by atoms with Gasteiger partial charge in [-0.25, -0.2) is 0 Å². The molecule has 0 radical (unpaired) electrons. The van der Waals surface area contributed by atoms with Crippen LogP contribution in [0.3, 0.4) is 0 Å². The SMILES string of the molecule is CCNCc1cnccc1N(C)Cc1ccco1. The first kappa shape index (κ1) is 12.6. The topological polar surface area (TPSA) is 41.3 Å². The fraction of sp³-hybridized carbons (Fsp3) is 0.357. The van der Waals surface area contributed by atoms with Crippen molar-refractivity contribution in [2.75, 3.05) is 18.5 Å². The van der Waals surface area contributed by atoms with Crippen molar-refractivity contribution < 1.29 is 4.42 Å². The summed E-state index contributed by atoms with van der Waals surface area (Å²) in [5.74, 6) is 0.962. The number of pyridine rings is 1. The van der Waals surface area contributed by atoms with Gasteiger partial charge in [0.2, 0.25) is 0 Å². The summed E-state index contributed by atoms with van der Waals surface area (Å²) in [6.07, 6.45) is 5.44. The van der Waals surface area contributed by atoms with Crippen molar-refractivity contribution in [3.8, 4) is 0 Å². The minimum absolute atomic E-state index is 0.760. The van der Waals surface area contributed by atoms with Gasteiger partial charge in [-0.05, 0) is 24.7 Å². The predicted octanol–water partition coefficient (Wildman–Crippen LogP) is 2.42. The van der Waals surface area contributed by atoms with Crippen LogP contribution in [0.5, 0.6) is 0 Å². The van der Waals surface area contributed by atoms with Crippen LogP contribution >= 0.6 is 0 Å². The Kier molecular flexibility index (Phi) is 4.36. The molecule has 0 saturated carbocycles. The molecule has 0 aliphatic heterocycles. The molecule has 2 aromatic rings. The monoisotopic (exact) mass is 245 g/mol. The number of hydrogen-bond donors (Lipinski definition) is 1. The molecule has 0 fully saturated rings. The lowest BCUT2D eigenvalue weighted by Crippen LogP contribution is -2.20. The van der Waals surface area contributed by atoms with Crippen LogP contribution in [0.2, 0.25) is 0 Å². The third-order valence-electron chi connectivity index (χ3n) is 2.83. The molecular weight excluding hydrogens is 226 g/mol.